The van der Waals surface area contributed by atoms with Crippen molar-refractivity contribution in [3.8, 4) is 0 Å². The summed E-state index contributed by atoms with van der Waals surface area (Å²) in [5, 5.41) is 2.12. The predicted molar refractivity (Wildman–Crippen MR) is 124 cm³/mol. The molecule has 0 unspecified atom stereocenters. The first kappa shape index (κ1) is 22.5. The van der Waals surface area contributed by atoms with Gasteiger partial charge in [0.25, 0.3) is 0 Å². The number of thiophene rings is 1. The van der Waals surface area contributed by atoms with Crippen molar-refractivity contribution < 1.29 is 9.59 Å². The molecular formula is C25H34N2O2S. The average Bonchev–Trinajstić information content (AvgIpc) is 3.21. The van der Waals surface area contributed by atoms with Gasteiger partial charge in [-0.25, -0.2) is 0 Å². The van der Waals surface area contributed by atoms with Gasteiger partial charge in [-0.3, -0.25) is 9.59 Å². The molecule has 30 heavy (non-hydrogen) atoms. The van der Waals surface area contributed by atoms with E-state index in [1.54, 1.807) is 16.2 Å². The van der Waals surface area contributed by atoms with Crippen LogP contribution in [-0.2, 0) is 16.0 Å². The van der Waals surface area contributed by atoms with Crippen LogP contribution in [0.5, 0.6) is 0 Å². The van der Waals surface area contributed by atoms with Gasteiger partial charge in [-0.1, -0.05) is 63.9 Å². The molecule has 1 aliphatic heterocycles. The number of rotatable bonds is 9. The zero-order valence-corrected chi connectivity index (χ0v) is 19.3. The van der Waals surface area contributed by atoms with Gasteiger partial charge >= 0.3 is 0 Å². The lowest BCUT2D eigenvalue weighted by Gasteiger charge is -2.38. The summed E-state index contributed by atoms with van der Waals surface area (Å²) in [6, 6.07) is 12.3. The number of fused-ring (bicyclic) bond motifs is 1. The molecule has 0 aliphatic carbocycles. The molecule has 0 bridgehead atoms. The average molecular weight is 427 g/mol. The maximum atomic E-state index is 13.5. The highest BCUT2D eigenvalue weighted by Crippen LogP contribution is 2.37. The monoisotopic (exact) mass is 426 g/mol. The van der Waals surface area contributed by atoms with Crippen LogP contribution >= 0.6 is 11.3 Å². The molecule has 3 rings (SSSR count). The third kappa shape index (κ3) is 5.51. The third-order valence-electron chi connectivity index (χ3n) is 5.66. The number of nitrogens with zero attached hydrogens (tertiary/aromatic N) is 2. The minimum Gasteiger partial charge on any atom is -0.333 e. The molecule has 0 radical (unpaired) electrons. The Morgan fingerprint density at radius 3 is 2.63 bits per heavy atom. The van der Waals surface area contributed by atoms with Crippen molar-refractivity contribution in [3.05, 3.63) is 57.8 Å². The standard InChI is InChI=1S/C25H34N2O2S/c1-4-5-7-12-23(28)26(17-19(2)3)18-24(29)27-15-13-22-21(14-16-30-22)25(27)20-10-8-6-9-11-20/h6,8-11,14,16,19,25H,4-5,7,12-13,15,17-18H2,1-3H3/t25-/m1/s1. The van der Waals surface area contributed by atoms with E-state index in [0.29, 0.717) is 25.4 Å². The molecule has 1 atom stereocenters. The van der Waals surface area contributed by atoms with E-state index in [1.165, 1.54) is 10.4 Å². The van der Waals surface area contributed by atoms with Crippen molar-refractivity contribution in [2.45, 2.75) is 58.9 Å². The predicted octanol–water partition coefficient (Wildman–Crippen LogP) is 5.29. The van der Waals surface area contributed by atoms with E-state index in [2.05, 4.69) is 44.4 Å². The molecular weight excluding hydrogens is 392 g/mol. The first-order chi connectivity index (χ1) is 14.5. The largest absolute Gasteiger partial charge is 0.333 e. The molecule has 5 heteroatoms. The van der Waals surface area contributed by atoms with Gasteiger partial charge in [-0.05, 0) is 41.3 Å². The summed E-state index contributed by atoms with van der Waals surface area (Å²) in [6.07, 6.45) is 4.46. The highest BCUT2D eigenvalue weighted by molar-refractivity contribution is 7.10. The smallest absolute Gasteiger partial charge is 0.242 e. The lowest BCUT2D eigenvalue weighted by Crippen LogP contribution is -2.47. The molecule has 2 heterocycles. The Morgan fingerprint density at radius 1 is 1.17 bits per heavy atom. The summed E-state index contributed by atoms with van der Waals surface area (Å²) >= 11 is 1.77. The Hall–Kier alpha value is -2.14. The number of benzene rings is 1. The van der Waals surface area contributed by atoms with E-state index < -0.39 is 0 Å². The van der Waals surface area contributed by atoms with Gasteiger partial charge in [0, 0.05) is 24.4 Å². The van der Waals surface area contributed by atoms with E-state index in [9.17, 15) is 9.59 Å². The number of amides is 2. The van der Waals surface area contributed by atoms with Crippen LogP contribution in [0.25, 0.3) is 0 Å². The highest BCUT2D eigenvalue weighted by atomic mass is 32.1. The summed E-state index contributed by atoms with van der Waals surface area (Å²) in [7, 11) is 0. The number of hydrogen-bond acceptors (Lipinski definition) is 3. The molecule has 0 fully saturated rings. The van der Waals surface area contributed by atoms with Crippen molar-refractivity contribution >= 4 is 23.2 Å². The van der Waals surface area contributed by atoms with Crippen molar-refractivity contribution in [1.82, 2.24) is 9.80 Å². The second kappa shape index (κ2) is 10.8. The van der Waals surface area contributed by atoms with Gasteiger partial charge in [0.2, 0.25) is 11.8 Å². The number of unbranched alkanes of at least 4 members (excludes halogenated alkanes) is 2. The lowest BCUT2D eigenvalue weighted by molar-refractivity contribution is -0.142. The SMILES string of the molecule is CCCCCC(=O)N(CC(=O)N1CCc2sccc2[C@H]1c1ccccc1)CC(C)C. The first-order valence-electron chi connectivity index (χ1n) is 11.2. The molecule has 1 aliphatic rings. The molecule has 162 valence electrons. The summed E-state index contributed by atoms with van der Waals surface area (Å²) in [6.45, 7) is 7.84. The molecule has 1 aromatic carbocycles. The Bertz CT molecular complexity index is 831. The first-order valence-corrected chi connectivity index (χ1v) is 12.1. The topological polar surface area (TPSA) is 40.6 Å². The number of hydrogen-bond donors (Lipinski definition) is 0. The van der Waals surface area contributed by atoms with Crippen molar-refractivity contribution in [1.29, 1.82) is 0 Å². The molecule has 2 amide bonds. The third-order valence-corrected chi connectivity index (χ3v) is 6.66. The molecule has 1 aromatic heterocycles. The van der Waals surface area contributed by atoms with E-state index in [0.717, 1.165) is 31.2 Å². The van der Waals surface area contributed by atoms with Gasteiger partial charge in [0.15, 0.2) is 0 Å². The van der Waals surface area contributed by atoms with Gasteiger partial charge in [0.1, 0.15) is 0 Å². The Kier molecular flexibility index (Phi) is 8.08. The van der Waals surface area contributed by atoms with Crippen LogP contribution in [0.4, 0.5) is 0 Å². The molecule has 4 nitrogen and oxygen atoms in total. The van der Waals surface area contributed by atoms with Crippen LogP contribution < -0.4 is 0 Å². The zero-order valence-electron chi connectivity index (χ0n) is 18.5. The normalized spacial score (nSPS) is 15.9. The number of carbonyl (C=O) groups excluding carboxylic acids is 2. The van der Waals surface area contributed by atoms with Crippen molar-refractivity contribution in [3.63, 3.8) is 0 Å². The fraction of sp³-hybridized carbons (Fsp3) is 0.520. The second-order valence-electron chi connectivity index (χ2n) is 8.57. The molecule has 0 spiro atoms. The van der Waals surface area contributed by atoms with Crippen molar-refractivity contribution in [2.75, 3.05) is 19.6 Å². The van der Waals surface area contributed by atoms with Crippen LogP contribution in [-0.4, -0.2) is 41.2 Å². The minimum absolute atomic E-state index is 0.0465. The zero-order chi connectivity index (χ0) is 21.5. The summed E-state index contributed by atoms with van der Waals surface area (Å²) < 4.78 is 0. The fourth-order valence-corrected chi connectivity index (χ4v) is 5.12. The van der Waals surface area contributed by atoms with E-state index in [1.807, 2.05) is 23.1 Å². The summed E-state index contributed by atoms with van der Waals surface area (Å²) in [4.78, 5) is 31.4. The van der Waals surface area contributed by atoms with E-state index in [-0.39, 0.29) is 24.4 Å². The van der Waals surface area contributed by atoms with Crippen LogP contribution in [0, 0.1) is 5.92 Å². The minimum atomic E-state index is -0.0650. The Labute approximate surface area is 184 Å². The van der Waals surface area contributed by atoms with Crippen LogP contribution in [0.2, 0.25) is 0 Å². The maximum Gasteiger partial charge on any atom is 0.242 e. The Balaban J connectivity index is 1.79. The second-order valence-corrected chi connectivity index (χ2v) is 9.58. The quantitative estimate of drug-likeness (QED) is 0.511. The van der Waals surface area contributed by atoms with Crippen LogP contribution in [0.15, 0.2) is 41.8 Å². The van der Waals surface area contributed by atoms with Crippen molar-refractivity contribution in [2.24, 2.45) is 5.92 Å². The summed E-state index contributed by atoms with van der Waals surface area (Å²) in [5.74, 6) is 0.489. The number of carbonyl (C=O) groups is 2. The lowest BCUT2D eigenvalue weighted by atomic mass is 9.93. The van der Waals surface area contributed by atoms with Gasteiger partial charge in [-0.2, -0.15) is 0 Å². The molecule has 2 aromatic rings. The molecule has 0 saturated heterocycles. The van der Waals surface area contributed by atoms with Gasteiger partial charge < -0.3 is 9.80 Å². The van der Waals surface area contributed by atoms with E-state index in [4.69, 9.17) is 0 Å². The van der Waals surface area contributed by atoms with Crippen LogP contribution in [0.3, 0.4) is 0 Å². The molecule has 0 saturated carbocycles. The Morgan fingerprint density at radius 2 is 1.93 bits per heavy atom. The van der Waals surface area contributed by atoms with Gasteiger partial charge in [0.05, 0.1) is 12.6 Å². The van der Waals surface area contributed by atoms with Crippen LogP contribution in [0.1, 0.15) is 68.5 Å². The molecule has 0 N–H and O–H groups in total. The highest BCUT2D eigenvalue weighted by Gasteiger charge is 2.33. The van der Waals surface area contributed by atoms with E-state index >= 15 is 0 Å². The fourth-order valence-electron chi connectivity index (χ4n) is 4.21. The maximum absolute atomic E-state index is 13.5. The summed E-state index contributed by atoms with van der Waals surface area (Å²) in [5.41, 5.74) is 2.37. The van der Waals surface area contributed by atoms with Gasteiger partial charge in [-0.15, -0.1) is 11.3 Å².